The number of hydrogen-bond donors (Lipinski definition) is 1. The van der Waals surface area contributed by atoms with Gasteiger partial charge in [0.15, 0.2) is 0 Å². The summed E-state index contributed by atoms with van der Waals surface area (Å²) < 4.78 is 11.0. The van der Waals surface area contributed by atoms with Crippen LogP contribution in [0.15, 0.2) is 66.2 Å². The number of ketones is 1. The molecule has 180 valence electrons. The first-order chi connectivity index (χ1) is 16.8. The first kappa shape index (κ1) is 24.1. The van der Waals surface area contributed by atoms with Crippen molar-refractivity contribution in [3.8, 4) is 11.5 Å². The predicted molar refractivity (Wildman–Crippen MR) is 136 cm³/mol. The predicted octanol–water partition coefficient (Wildman–Crippen LogP) is 5.65. The summed E-state index contributed by atoms with van der Waals surface area (Å²) in [5.41, 5.74) is 4.47. The van der Waals surface area contributed by atoms with E-state index in [1.165, 1.54) is 4.90 Å². The summed E-state index contributed by atoms with van der Waals surface area (Å²) in [7, 11) is 1.56. The molecule has 1 unspecified atom stereocenters. The zero-order valence-electron chi connectivity index (χ0n) is 20.6. The minimum Gasteiger partial charge on any atom is -0.507 e. The fourth-order valence-corrected chi connectivity index (χ4v) is 4.47. The molecule has 0 spiro atoms. The van der Waals surface area contributed by atoms with E-state index in [-0.39, 0.29) is 11.3 Å². The molecule has 1 saturated heterocycles. The number of benzene rings is 3. The Morgan fingerprint density at radius 3 is 2.40 bits per heavy atom. The number of rotatable bonds is 6. The lowest BCUT2D eigenvalue weighted by Gasteiger charge is -2.27. The van der Waals surface area contributed by atoms with Gasteiger partial charge < -0.3 is 14.6 Å². The van der Waals surface area contributed by atoms with Crippen LogP contribution in [0.4, 0.5) is 5.69 Å². The average Bonchev–Trinajstić information content (AvgIpc) is 3.12. The van der Waals surface area contributed by atoms with Gasteiger partial charge >= 0.3 is 0 Å². The number of Topliss-reactive ketones (excluding diaryl/α,β-unsaturated/α-hetero) is 1. The van der Waals surface area contributed by atoms with Gasteiger partial charge in [0.2, 0.25) is 0 Å². The molecular weight excluding hydrogens is 442 g/mol. The molecule has 3 aromatic carbocycles. The molecule has 0 aliphatic carbocycles. The Kier molecular flexibility index (Phi) is 6.65. The quantitative estimate of drug-likeness (QED) is 0.286. The molecule has 1 fully saturated rings. The fourth-order valence-electron chi connectivity index (χ4n) is 4.47. The molecule has 1 aliphatic heterocycles. The molecule has 4 rings (SSSR count). The molecule has 6 nitrogen and oxygen atoms in total. The topological polar surface area (TPSA) is 76.1 Å². The van der Waals surface area contributed by atoms with Crippen LogP contribution in [0.1, 0.15) is 40.8 Å². The lowest BCUT2D eigenvalue weighted by molar-refractivity contribution is -0.132. The highest BCUT2D eigenvalue weighted by atomic mass is 16.5. The third kappa shape index (κ3) is 4.28. The first-order valence-corrected chi connectivity index (χ1v) is 11.5. The highest BCUT2D eigenvalue weighted by Crippen LogP contribution is 2.44. The Hall–Kier alpha value is -4.06. The lowest BCUT2D eigenvalue weighted by Crippen LogP contribution is -2.30. The van der Waals surface area contributed by atoms with Crippen molar-refractivity contribution in [3.63, 3.8) is 0 Å². The van der Waals surface area contributed by atoms with Crippen LogP contribution in [0, 0.1) is 20.8 Å². The van der Waals surface area contributed by atoms with Crippen molar-refractivity contribution in [2.24, 2.45) is 0 Å². The van der Waals surface area contributed by atoms with Gasteiger partial charge in [-0.1, -0.05) is 24.3 Å². The van der Waals surface area contributed by atoms with Gasteiger partial charge in [-0.3, -0.25) is 14.5 Å². The van der Waals surface area contributed by atoms with Crippen LogP contribution in [-0.2, 0) is 9.59 Å². The Morgan fingerprint density at radius 2 is 1.71 bits per heavy atom. The first-order valence-electron chi connectivity index (χ1n) is 11.5. The van der Waals surface area contributed by atoms with E-state index in [4.69, 9.17) is 9.47 Å². The van der Waals surface area contributed by atoms with Crippen molar-refractivity contribution < 1.29 is 24.2 Å². The fraction of sp³-hybridized carbons (Fsp3) is 0.241. The number of aryl methyl sites for hydroxylation is 2. The second kappa shape index (κ2) is 9.66. The Balaban J connectivity index is 1.96. The zero-order chi connectivity index (χ0) is 25.3. The van der Waals surface area contributed by atoms with Gasteiger partial charge in [0.1, 0.15) is 17.3 Å². The standard InChI is InChI=1S/C29H29NO5/c1-6-35-24-14-13-21(15-18(24)3)27(31)25-26(20-10-8-11-22(16-20)34-5)30(29(33)28(25)32)23-12-7-9-17(2)19(23)4/h7-16,26,31H,6H2,1-5H3/b27-25+. The molecule has 0 bridgehead atoms. The van der Waals surface area contributed by atoms with Crippen LogP contribution >= 0.6 is 0 Å². The largest absolute Gasteiger partial charge is 0.507 e. The number of carbonyl (C=O) groups excluding carboxylic acids is 2. The summed E-state index contributed by atoms with van der Waals surface area (Å²) in [6.07, 6.45) is 0. The lowest BCUT2D eigenvalue weighted by atomic mass is 9.94. The van der Waals surface area contributed by atoms with Crippen molar-refractivity contribution in [1.82, 2.24) is 0 Å². The molecule has 0 saturated carbocycles. The van der Waals surface area contributed by atoms with Crippen LogP contribution in [-0.4, -0.2) is 30.5 Å². The number of methoxy groups -OCH3 is 1. The van der Waals surface area contributed by atoms with Crippen molar-refractivity contribution in [2.45, 2.75) is 33.7 Å². The number of amides is 1. The number of anilines is 1. The van der Waals surface area contributed by atoms with E-state index in [0.717, 1.165) is 16.7 Å². The van der Waals surface area contributed by atoms with Crippen LogP contribution in [0.3, 0.4) is 0 Å². The van der Waals surface area contributed by atoms with E-state index in [2.05, 4.69) is 0 Å². The summed E-state index contributed by atoms with van der Waals surface area (Å²) in [5, 5.41) is 11.4. The van der Waals surface area contributed by atoms with E-state index in [0.29, 0.717) is 34.9 Å². The third-order valence-electron chi connectivity index (χ3n) is 6.44. The molecule has 3 aromatic rings. The summed E-state index contributed by atoms with van der Waals surface area (Å²) in [5.74, 6) is -0.358. The minimum absolute atomic E-state index is 0.0349. The SMILES string of the molecule is CCOc1ccc(/C(O)=C2\C(=O)C(=O)N(c3cccc(C)c3C)C2c2cccc(OC)c2)cc1C. The third-order valence-corrected chi connectivity index (χ3v) is 6.44. The second-order valence-electron chi connectivity index (χ2n) is 8.58. The van der Waals surface area contributed by atoms with Crippen LogP contribution < -0.4 is 14.4 Å². The van der Waals surface area contributed by atoms with Crippen LogP contribution in [0.5, 0.6) is 11.5 Å². The van der Waals surface area contributed by atoms with Crippen molar-refractivity contribution in [1.29, 1.82) is 0 Å². The van der Waals surface area contributed by atoms with E-state index in [1.54, 1.807) is 43.5 Å². The Bertz CT molecular complexity index is 1340. The maximum absolute atomic E-state index is 13.4. The highest BCUT2D eigenvalue weighted by Gasteiger charge is 2.47. The summed E-state index contributed by atoms with van der Waals surface area (Å²) >= 11 is 0. The molecule has 1 atom stereocenters. The molecule has 35 heavy (non-hydrogen) atoms. The normalized spacial score (nSPS) is 17.1. The number of nitrogens with zero attached hydrogens (tertiary/aromatic N) is 1. The molecule has 1 aliphatic rings. The second-order valence-corrected chi connectivity index (χ2v) is 8.58. The highest BCUT2D eigenvalue weighted by molar-refractivity contribution is 6.51. The van der Waals surface area contributed by atoms with Gasteiger partial charge in [-0.05, 0) is 86.3 Å². The number of hydrogen-bond acceptors (Lipinski definition) is 5. The molecule has 6 heteroatoms. The molecular formula is C29H29NO5. The molecule has 0 aromatic heterocycles. The van der Waals surface area contributed by atoms with Crippen LogP contribution in [0.25, 0.3) is 5.76 Å². The molecule has 1 heterocycles. The number of ether oxygens (including phenoxy) is 2. The van der Waals surface area contributed by atoms with Gasteiger partial charge in [0, 0.05) is 11.3 Å². The molecule has 1 N–H and O–H groups in total. The van der Waals surface area contributed by atoms with E-state index in [1.807, 2.05) is 52.0 Å². The maximum atomic E-state index is 13.4. The summed E-state index contributed by atoms with van der Waals surface area (Å²) in [4.78, 5) is 28.3. The van der Waals surface area contributed by atoms with E-state index < -0.39 is 17.7 Å². The van der Waals surface area contributed by atoms with Crippen LogP contribution in [0.2, 0.25) is 0 Å². The number of aliphatic hydroxyl groups is 1. The molecule has 0 radical (unpaired) electrons. The van der Waals surface area contributed by atoms with Crippen molar-refractivity contribution >= 4 is 23.1 Å². The molecule has 1 amide bonds. The van der Waals surface area contributed by atoms with Gasteiger partial charge in [-0.15, -0.1) is 0 Å². The van der Waals surface area contributed by atoms with Crippen molar-refractivity contribution in [2.75, 3.05) is 18.6 Å². The summed E-state index contributed by atoms with van der Waals surface area (Å²) in [6, 6.07) is 17.2. The zero-order valence-corrected chi connectivity index (χ0v) is 20.6. The number of carbonyl (C=O) groups is 2. The smallest absolute Gasteiger partial charge is 0.300 e. The maximum Gasteiger partial charge on any atom is 0.300 e. The monoisotopic (exact) mass is 471 g/mol. The average molecular weight is 472 g/mol. The van der Waals surface area contributed by atoms with E-state index in [9.17, 15) is 14.7 Å². The number of aliphatic hydroxyl groups excluding tert-OH is 1. The van der Waals surface area contributed by atoms with Gasteiger partial charge in [0.25, 0.3) is 11.7 Å². The van der Waals surface area contributed by atoms with Crippen molar-refractivity contribution in [3.05, 3.63) is 94.1 Å². The summed E-state index contributed by atoms with van der Waals surface area (Å²) in [6.45, 7) is 8.16. The van der Waals surface area contributed by atoms with Gasteiger partial charge in [-0.2, -0.15) is 0 Å². The van der Waals surface area contributed by atoms with E-state index >= 15 is 0 Å². The minimum atomic E-state index is -0.822. The Labute approximate surface area is 205 Å². The Morgan fingerprint density at radius 1 is 0.971 bits per heavy atom. The van der Waals surface area contributed by atoms with Gasteiger partial charge in [-0.25, -0.2) is 0 Å². The van der Waals surface area contributed by atoms with Gasteiger partial charge in [0.05, 0.1) is 25.3 Å².